The molecule has 3 heterocycles. The Balaban J connectivity index is 0.00000320. The Kier molecular flexibility index (Phi) is 10.4. The summed E-state index contributed by atoms with van der Waals surface area (Å²) in [5.74, 6) is 2.49. The molecule has 1 N–H and O–H groups in total. The summed E-state index contributed by atoms with van der Waals surface area (Å²) in [6.45, 7) is 12.9. The van der Waals surface area contributed by atoms with Crippen molar-refractivity contribution in [2.45, 2.75) is 40.3 Å². The Labute approximate surface area is 196 Å². The van der Waals surface area contributed by atoms with Crippen molar-refractivity contribution in [1.82, 2.24) is 25.3 Å². The van der Waals surface area contributed by atoms with Crippen LogP contribution in [0.5, 0.6) is 5.88 Å². The standard InChI is InChI=1S/C21H32N6O2.HI/c1-4-12-28-20-7-6-18(14-23-20)15-24-21(22-5-2)27-10-8-26(9-11-27)16-19-13-17(3)29-25-19;/h6-7,13-14H,4-5,8-12,15-16H2,1-3H3,(H,22,24);1H. The van der Waals surface area contributed by atoms with Gasteiger partial charge in [-0.05, 0) is 25.8 Å². The van der Waals surface area contributed by atoms with Gasteiger partial charge in [0.25, 0.3) is 0 Å². The molecule has 0 bridgehead atoms. The smallest absolute Gasteiger partial charge is 0.213 e. The van der Waals surface area contributed by atoms with Crippen molar-refractivity contribution < 1.29 is 9.26 Å². The predicted molar refractivity (Wildman–Crippen MR) is 128 cm³/mol. The number of nitrogens with zero attached hydrogens (tertiary/aromatic N) is 5. The van der Waals surface area contributed by atoms with Crippen LogP contribution in [0.2, 0.25) is 0 Å². The first-order valence-corrected chi connectivity index (χ1v) is 10.4. The van der Waals surface area contributed by atoms with E-state index in [0.29, 0.717) is 19.0 Å². The fourth-order valence-electron chi connectivity index (χ4n) is 3.23. The van der Waals surface area contributed by atoms with E-state index in [4.69, 9.17) is 14.3 Å². The number of piperazine rings is 1. The molecule has 3 rings (SSSR count). The predicted octanol–water partition coefficient (Wildman–Crippen LogP) is 3.07. The van der Waals surface area contributed by atoms with Gasteiger partial charge < -0.3 is 19.5 Å². The minimum Gasteiger partial charge on any atom is -0.478 e. The van der Waals surface area contributed by atoms with Gasteiger partial charge in [-0.3, -0.25) is 4.90 Å². The number of aromatic nitrogens is 2. The topological polar surface area (TPSA) is 79.0 Å². The summed E-state index contributed by atoms with van der Waals surface area (Å²) in [6.07, 6.45) is 2.82. The maximum Gasteiger partial charge on any atom is 0.213 e. The molecule has 0 radical (unpaired) electrons. The third-order valence-electron chi connectivity index (χ3n) is 4.73. The third kappa shape index (κ3) is 7.42. The van der Waals surface area contributed by atoms with E-state index in [9.17, 15) is 0 Å². The number of hydrogen-bond donors (Lipinski definition) is 1. The van der Waals surface area contributed by atoms with Gasteiger partial charge in [-0.2, -0.15) is 0 Å². The first kappa shape index (κ1) is 24.4. The van der Waals surface area contributed by atoms with Crippen molar-refractivity contribution in [2.24, 2.45) is 4.99 Å². The largest absolute Gasteiger partial charge is 0.478 e. The minimum atomic E-state index is 0. The van der Waals surface area contributed by atoms with Gasteiger partial charge in [0.1, 0.15) is 5.76 Å². The van der Waals surface area contributed by atoms with Crippen LogP contribution in [0.3, 0.4) is 0 Å². The van der Waals surface area contributed by atoms with Gasteiger partial charge >= 0.3 is 0 Å². The van der Waals surface area contributed by atoms with Crippen molar-refractivity contribution in [3.8, 4) is 5.88 Å². The number of guanidine groups is 1. The van der Waals surface area contributed by atoms with Crippen LogP contribution >= 0.6 is 24.0 Å². The lowest BCUT2D eigenvalue weighted by Crippen LogP contribution is -2.52. The molecule has 0 atom stereocenters. The van der Waals surface area contributed by atoms with Gasteiger partial charge in [0.2, 0.25) is 5.88 Å². The molecule has 1 aliphatic heterocycles. The van der Waals surface area contributed by atoms with Crippen LogP contribution in [0, 0.1) is 6.92 Å². The van der Waals surface area contributed by atoms with Gasteiger partial charge in [-0.15, -0.1) is 24.0 Å². The Hall–Kier alpha value is -1.88. The van der Waals surface area contributed by atoms with E-state index in [0.717, 1.165) is 68.7 Å². The fraction of sp³-hybridized carbons (Fsp3) is 0.571. The highest BCUT2D eigenvalue weighted by atomic mass is 127. The second kappa shape index (κ2) is 12.7. The Morgan fingerprint density at radius 1 is 1.23 bits per heavy atom. The molecular formula is C21H33IN6O2. The fourth-order valence-corrected chi connectivity index (χ4v) is 3.23. The van der Waals surface area contributed by atoms with E-state index in [-0.39, 0.29) is 24.0 Å². The second-order valence-electron chi connectivity index (χ2n) is 7.22. The molecule has 2 aromatic heterocycles. The highest BCUT2D eigenvalue weighted by molar-refractivity contribution is 14.0. The number of ether oxygens (including phenoxy) is 1. The molecule has 1 fully saturated rings. The minimum absolute atomic E-state index is 0. The molecule has 8 nitrogen and oxygen atoms in total. The van der Waals surface area contributed by atoms with Crippen LogP contribution in [0.25, 0.3) is 0 Å². The normalized spacial score (nSPS) is 15.0. The summed E-state index contributed by atoms with van der Waals surface area (Å²) in [7, 11) is 0. The molecule has 0 amide bonds. The lowest BCUT2D eigenvalue weighted by atomic mass is 10.3. The molecule has 166 valence electrons. The molecule has 0 spiro atoms. The molecule has 0 aromatic carbocycles. The van der Waals surface area contributed by atoms with Crippen LogP contribution in [-0.2, 0) is 13.1 Å². The summed E-state index contributed by atoms with van der Waals surface area (Å²) in [4.78, 5) is 13.9. The SMILES string of the molecule is CCCOc1ccc(CN=C(NCC)N2CCN(Cc3cc(C)on3)CC2)cn1.I. The monoisotopic (exact) mass is 528 g/mol. The van der Waals surface area contributed by atoms with E-state index < -0.39 is 0 Å². The van der Waals surface area contributed by atoms with Crippen molar-refractivity contribution in [2.75, 3.05) is 39.3 Å². The number of halogens is 1. The van der Waals surface area contributed by atoms with E-state index in [1.54, 1.807) is 0 Å². The summed E-state index contributed by atoms with van der Waals surface area (Å²) < 4.78 is 10.7. The first-order valence-electron chi connectivity index (χ1n) is 10.4. The van der Waals surface area contributed by atoms with Gasteiger partial charge in [0.15, 0.2) is 5.96 Å². The van der Waals surface area contributed by atoms with Crippen molar-refractivity contribution in [1.29, 1.82) is 0 Å². The quantitative estimate of drug-likeness (QED) is 0.321. The number of aliphatic imine (C=N–C) groups is 1. The lowest BCUT2D eigenvalue weighted by molar-refractivity contribution is 0.169. The zero-order chi connectivity index (χ0) is 20.5. The average molecular weight is 528 g/mol. The highest BCUT2D eigenvalue weighted by Crippen LogP contribution is 2.11. The Morgan fingerprint density at radius 3 is 2.63 bits per heavy atom. The third-order valence-corrected chi connectivity index (χ3v) is 4.73. The van der Waals surface area contributed by atoms with Gasteiger partial charge in [0, 0.05) is 57.6 Å². The zero-order valence-electron chi connectivity index (χ0n) is 18.1. The van der Waals surface area contributed by atoms with Gasteiger partial charge in [-0.1, -0.05) is 18.1 Å². The highest BCUT2D eigenvalue weighted by Gasteiger charge is 2.20. The van der Waals surface area contributed by atoms with E-state index in [2.05, 4.69) is 39.1 Å². The number of rotatable bonds is 8. The first-order chi connectivity index (χ1) is 14.2. The van der Waals surface area contributed by atoms with Crippen LogP contribution in [0.1, 0.15) is 37.3 Å². The summed E-state index contributed by atoms with van der Waals surface area (Å²) >= 11 is 0. The molecule has 0 saturated carbocycles. The number of nitrogens with one attached hydrogen (secondary N) is 1. The molecule has 30 heavy (non-hydrogen) atoms. The van der Waals surface area contributed by atoms with Crippen molar-refractivity contribution in [3.63, 3.8) is 0 Å². The maximum atomic E-state index is 5.54. The maximum absolute atomic E-state index is 5.54. The molecule has 0 aliphatic carbocycles. The average Bonchev–Trinajstić information content (AvgIpc) is 3.15. The summed E-state index contributed by atoms with van der Waals surface area (Å²) in [6, 6.07) is 5.95. The molecule has 1 saturated heterocycles. The molecule has 1 aliphatic rings. The summed E-state index contributed by atoms with van der Waals surface area (Å²) in [5, 5.41) is 7.51. The zero-order valence-corrected chi connectivity index (χ0v) is 20.5. The van der Waals surface area contributed by atoms with Crippen molar-refractivity contribution >= 4 is 29.9 Å². The van der Waals surface area contributed by atoms with Gasteiger partial charge in [0.05, 0.1) is 18.8 Å². The van der Waals surface area contributed by atoms with E-state index >= 15 is 0 Å². The Bertz CT molecular complexity index is 772. The molecule has 0 unspecified atom stereocenters. The van der Waals surface area contributed by atoms with E-state index in [1.165, 1.54) is 0 Å². The van der Waals surface area contributed by atoms with Crippen LogP contribution in [-0.4, -0.2) is 65.2 Å². The molecule has 2 aromatic rings. The number of pyridine rings is 1. The van der Waals surface area contributed by atoms with Crippen LogP contribution in [0.15, 0.2) is 33.9 Å². The number of hydrogen-bond acceptors (Lipinski definition) is 6. The Morgan fingerprint density at radius 2 is 2.03 bits per heavy atom. The van der Waals surface area contributed by atoms with Gasteiger partial charge in [-0.25, -0.2) is 9.98 Å². The number of aryl methyl sites for hydroxylation is 1. The lowest BCUT2D eigenvalue weighted by Gasteiger charge is -2.36. The molecule has 9 heteroatoms. The molecular weight excluding hydrogens is 495 g/mol. The van der Waals surface area contributed by atoms with Crippen LogP contribution in [0.4, 0.5) is 0 Å². The second-order valence-corrected chi connectivity index (χ2v) is 7.22. The van der Waals surface area contributed by atoms with Crippen LogP contribution < -0.4 is 10.1 Å². The summed E-state index contributed by atoms with van der Waals surface area (Å²) in [5.41, 5.74) is 2.07. The van der Waals surface area contributed by atoms with E-state index in [1.807, 2.05) is 31.3 Å². The van der Waals surface area contributed by atoms with Crippen molar-refractivity contribution in [3.05, 3.63) is 41.4 Å².